The number of hydrogen-bond acceptors (Lipinski definition) is 4. The lowest BCUT2D eigenvalue weighted by molar-refractivity contribution is -0.0679. The average molecular weight is 266 g/mol. The zero-order chi connectivity index (χ0) is 14.0. The van der Waals surface area contributed by atoms with Gasteiger partial charge in [-0.15, -0.1) is 0 Å². The number of aryl methyl sites for hydroxylation is 2. The van der Waals surface area contributed by atoms with Gasteiger partial charge >= 0.3 is 0 Å². The number of nitrogen functional groups attached to an aromatic ring is 1. The highest BCUT2D eigenvalue weighted by molar-refractivity contribution is 5.98. The molecule has 106 valence electrons. The van der Waals surface area contributed by atoms with Crippen LogP contribution in [-0.2, 0) is 18.2 Å². The lowest BCUT2D eigenvalue weighted by Gasteiger charge is -2.40. The van der Waals surface area contributed by atoms with E-state index in [0.717, 1.165) is 31.4 Å². The summed E-state index contributed by atoms with van der Waals surface area (Å²) in [5.41, 5.74) is 7.44. The Hall–Kier alpha value is -1.56. The van der Waals surface area contributed by atoms with Crippen LogP contribution < -0.4 is 11.1 Å². The summed E-state index contributed by atoms with van der Waals surface area (Å²) in [6.07, 6.45) is 3.85. The number of ether oxygens (including phenoxy) is 1. The minimum absolute atomic E-state index is 0.184. The smallest absolute Gasteiger partial charge is 0.271 e. The first-order valence-corrected chi connectivity index (χ1v) is 6.67. The molecule has 0 unspecified atom stereocenters. The predicted molar refractivity (Wildman–Crippen MR) is 72.9 cm³/mol. The molecule has 1 heterocycles. The van der Waals surface area contributed by atoms with Crippen molar-refractivity contribution in [3.8, 4) is 0 Å². The quantitative estimate of drug-likeness (QED) is 0.828. The lowest BCUT2D eigenvalue weighted by Crippen LogP contribution is -2.49. The first-order chi connectivity index (χ1) is 9.03. The summed E-state index contributed by atoms with van der Waals surface area (Å²) < 4.78 is 7.02. The molecule has 0 atom stereocenters. The van der Waals surface area contributed by atoms with Gasteiger partial charge in [0.2, 0.25) is 0 Å². The second-order valence-corrected chi connectivity index (χ2v) is 5.11. The molecule has 1 aromatic heterocycles. The molecule has 6 heteroatoms. The fourth-order valence-corrected chi connectivity index (χ4v) is 2.48. The van der Waals surface area contributed by atoms with Gasteiger partial charge in [-0.3, -0.25) is 9.48 Å². The van der Waals surface area contributed by atoms with Gasteiger partial charge in [-0.2, -0.15) is 5.10 Å². The van der Waals surface area contributed by atoms with Gasteiger partial charge in [-0.05, 0) is 25.7 Å². The van der Waals surface area contributed by atoms with Gasteiger partial charge in [0, 0.05) is 20.7 Å². The summed E-state index contributed by atoms with van der Waals surface area (Å²) in [6, 6.07) is 0. The highest BCUT2D eigenvalue weighted by atomic mass is 16.5. The molecule has 19 heavy (non-hydrogen) atoms. The highest BCUT2D eigenvalue weighted by Gasteiger charge is 2.37. The Labute approximate surface area is 113 Å². The van der Waals surface area contributed by atoms with Crippen LogP contribution in [0.5, 0.6) is 0 Å². The number of amides is 1. The number of carbonyl (C=O) groups is 1. The topological polar surface area (TPSA) is 82.2 Å². The third-order valence-electron chi connectivity index (χ3n) is 3.98. The number of nitrogens with zero attached hydrogens (tertiary/aromatic N) is 2. The Kier molecular flexibility index (Phi) is 3.80. The number of nitrogens with one attached hydrogen (secondary N) is 1. The van der Waals surface area contributed by atoms with Crippen molar-refractivity contribution in [2.24, 2.45) is 7.05 Å². The predicted octanol–water partition coefficient (Wildman–Crippen LogP) is 0.864. The molecule has 1 fully saturated rings. The summed E-state index contributed by atoms with van der Waals surface area (Å²) in [7, 11) is 3.43. The lowest BCUT2D eigenvalue weighted by atomic mass is 9.80. The molecule has 0 radical (unpaired) electrons. The number of nitrogens with two attached hydrogens (primary N) is 1. The van der Waals surface area contributed by atoms with Crippen molar-refractivity contribution in [2.75, 3.05) is 19.4 Å². The van der Waals surface area contributed by atoms with Crippen molar-refractivity contribution < 1.29 is 9.53 Å². The van der Waals surface area contributed by atoms with E-state index in [-0.39, 0.29) is 11.5 Å². The van der Waals surface area contributed by atoms with E-state index in [9.17, 15) is 4.79 Å². The molecule has 1 aliphatic carbocycles. The van der Waals surface area contributed by atoms with E-state index in [1.807, 2.05) is 6.92 Å². The van der Waals surface area contributed by atoms with Gasteiger partial charge < -0.3 is 15.8 Å². The van der Waals surface area contributed by atoms with Crippen LogP contribution in [0, 0.1) is 0 Å². The molecular weight excluding hydrogens is 244 g/mol. The zero-order valence-electron chi connectivity index (χ0n) is 11.8. The zero-order valence-corrected chi connectivity index (χ0v) is 11.8. The molecule has 1 saturated carbocycles. The van der Waals surface area contributed by atoms with Crippen LogP contribution in [0.3, 0.4) is 0 Å². The van der Waals surface area contributed by atoms with Gasteiger partial charge in [-0.25, -0.2) is 0 Å². The van der Waals surface area contributed by atoms with Gasteiger partial charge in [-0.1, -0.05) is 6.92 Å². The Balaban J connectivity index is 2.06. The van der Waals surface area contributed by atoms with E-state index < -0.39 is 0 Å². The molecule has 0 bridgehead atoms. The van der Waals surface area contributed by atoms with Gasteiger partial charge in [0.05, 0.1) is 17.0 Å². The van der Waals surface area contributed by atoms with E-state index >= 15 is 0 Å². The number of anilines is 1. The van der Waals surface area contributed by atoms with Crippen LogP contribution >= 0.6 is 0 Å². The maximum absolute atomic E-state index is 12.2. The van der Waals surface area contributed by atoms with Crippen LogP contribution in [0.15, 0.2) is 0 Å². The standard InChI is InChI=1S/C13H22N4O2/c1-4-9-10(14)11(17(2)16-9)12(18)15-8-13(19-3)6-5-7-13/h4-8,14H2,1-3H3,(H,15,18). The van der Waals surface area contributed by atoms with Crippen LogP contribution in [-0.4, -0.2) is 34.9 Å². The Morgan fingerprint density at radius 3 is 2.68 bits per heavy atom. The van der Waals surface area contributed by atoms with E-state index in [1.165, 1.54) is 0 Å². The van der Waals surface area contributed by atoms with Crippen LogP contribution in [0.25, 0.3) is 0 Å². The van der Waals surface area contributed by atoms with Crippen molar-refractivity contribution in [1.82, 2.24) is 15.1 Å². The average Bonchev–Trinajstić information content (AvgIpc) is 2.63. The van der Waals surface area contributed by atoms with Crippen molar-refractivity contribution in [3.05, 3.63) is 11.4 Å². The van der Waals surface area contributed by atoms with E-state index in [2.05, 4.69) is 10.4 Å². The molecule has 0 aromatic carbocycles. The summed E-state index contributed by atoms with van der Waals surface area (Å²) >= 11 is 0. The van der Waals surface area contributed by atoms with Crippen molar-refractivity contribution in [1.29, 1.82) is 0 Å². The number of rotatable bonds is 5. The van der Waals surface area contributed by atoms with E-state index in [0.29, 0.717) is 17.9 Å². The first kappa shape index (κ1) is 13.9. The van der Waals surface area contributed by atoms with Gasteiger partial charge in [0.25, 0.3) is 5.91 Å². The fourth-order valence-electron chi connectivity index (χ4n) is 2.48. The SMILES string of the molecule is CCc1nn(C)c(C(=O)NCC2(OC)CCC2)c1N. The van der Waals surface area contributed by atoms with Crippen molar-refractivity contribution >= 4 is 11.6 Å². The first-order valence-electron chi connectivity index (χ1n) is 6.67. The minimum atomic E-state index is -0.185. The molecule has 1 amide bonds. The second kappa shape index (κ2) is 5.21. The Morgan fingerprint density at radius 2 is 2.26 bits per heavy atom. The Bertz CT molecular complexity index is 472. The van der Waals surface area contributed by atoms with Gasteiger partial charge in [0.15, 0.2) is 0 Å². The Morgan fingerprint density at radius 1 is 1.58 bits per heavy atom. The highest BCUT2D eigenvalue weighted by Crippen LogP contribution is 2.34. The van der Waals surface area contributed by atoms with Crippen molar-refractivity contribution in [3.63, 3.8) is 0 Å². The maximum atomic E-state index is 12.2. The summed E-state index contributed by atoms with van der Waals surface area (Å²) in [5.74, 6) is -0.185. The maximum Gasteiger partial charge on any atom is 0.271 e. The largest absolute Gasteiger partial charge is 0.395 e. The van der Waals surface area contributed by atoms with E-state index in [1.54, 1.807) is 18.8 Å². The van der Waals surface area contributed by atoms with Crippen LogP contribution in [0.4, 0.5) is 5.69 Å². The molecule has 0 saturated heterocycles. The normalized spacial score (nSPS) is 17.0. The van der Waals surface area contributed by atoms with E-state index in [4.69, 9.17) is 10.5 Å². The number of methoxy groups -OCH3 is 1. The summed E-state index contributed by atoms with van der Waals surface area (Å²) in [4.78, 5) is 12.2. The molecule has 1 aromatic rings. The molecule has 0 aliphatic heterocycles. The third-order valence-corrected chi connectivity index (χ3v) is 3.98. The van der Waals surface area contributed by atoms with Crippen LogP contribution in [0.1, 0.15) is 42.4 Å². The van der Waals surface area contributed by atoms with Crippen molar-refractivity contribution in [2.45, 2.75) is 38.2 Å². The monoisotopic (exact) mass is 266 g/mol. The molecule has 0 spiro atoms. The molecule has 2 rings (SSSR count). The molecule has 6 nitrogen and oxygen atoms in total. The van der Waals surface area contributed by atoms with Gasteiger partial charge in [0.1, 0.15) is 5.69 Å². The van der Waals surface area contributed by atoms with Crippen LogP contribution in [0.2, 0.25) is 0 Å². The molecule has 3 N–H and O–H groups in total. The molecule has 1 aliphatic rings. The second-order valence-electron chi connectivity index (χ2n) is 5.11. The third kappa shape index (κ3) is 2.45. The number of hydrogen-bond donors (Lipinski definition) is 2. The fraction of sp³-hybridized carbons (Fsp3) is 0.692. The number of carbonyl (C=O) groups excluding carboxylic acids is 1. The minimum Gasteiger partial charge on any atom is -0.395 e. The molecular formula is C13H22N4O2. The number of aromatic nitrogens is 2. The summed E-state index contributed by atoms with van der Waals surface area (Å²) in [5, 5.41) is 7.16. The summed E-state index contributed by atoms with van der Waals surface area (Å²) in [6.45, 7) is 2.49.